The average molecular weight is 169 g/mol. The molecule has 13 heavy (non-hydrogen) atoms. The molecular weight excluding hydrogens is 158 g/mol. The van der Waals surface area contributed by atoms with Gasteiger partial charge in [0.05, 0.1) is 5.52 Å². The standard InChI is InChI=1S/C12H11N/c1-2-5-10-6-3-8-12-11(10)7-4-9-13-12/h2-4,6-9H,1,5H2. The summed E-state index contributed by atoms with van der Waals surface area (Å²) in [5.41, 5.74) is 2.35. The number of pyridine rings is 1. The van der Waals surface area contributed by atoms with Crippen LogP contribution in [0.5, 0.6) is 0 Å². The van der Waals surface area contributed by atoms with Gasteiger partial charge in [-0.15, -0.1) is 6.58 Å². The SMILES string of the molecule is C=CCc1cccc2ncccc12. The van der Waals surface area contributed by atoms with Gasteiger partial charge in [-0.25, -0.2) is 0 Å². The van der Waals surface area contributed by atoms with Crippen LogP contribution in [0.4, 0.5) is 0 Å². The lowest BCUT2D eigenvalue weighted by molar-refractivity contribution is 1.29. The number of hydrogen-bond acceptors (Lipinski definition) is 1. The van der Waals surface area contributed by atoms with E-state index in [0.29, 0.717) is 0 Å². The molecule has 0 radical (unpaired) electrons. The average Bonchev–Trinajstić information content (AvgIpc) is 2.19. The summed E-state index contributed by atoms with van der Waals surface area (Å²) in [5.74, 6) is 0. The molecule has 0 aliphatic heterocycles. The molecule has 0 saturated heterocycles. The zero-order valence-corrected chi connectivity index (χ0v) is 7.40. The molecule has 1 nitrogen and oxygen atoms in total. The minimum absolute atomic E-state index is 0.906. The van der Waals surface area contributed by atoms with Gasteiger partial charge in [-0.05, 0) is 24.1 Å². The summed E-state index contributed by atoms with van der Waals surface area (Å²) in [6.07, 6.45) is 4.64. The zero-order chi connectivity index (χ0) is 9.10. The van der Waals surface area contributed by atoms with Crippen LogP contribution in [0.3, 0.4) is 0 Å². The van der Waals surface area contributed by atoms with Gasteiger partial charge in [-0.3, -0.25) is 4.98 Å². The summed E-state index contributed by atoms with van der Waals surface area (Å²) in [6, 6.07) is 10.2. The molecule has 0 aliphatic carbocycles. The minimum Gasteiger partial charge on any atom is -0.256 e. The fraction of sp³-hybridized carbons (Fsp3) is 0.0833. The summed E-state index contributed by atoms with van der Waals surface area (Å²) in [4.78, 5) is 4.29. The number of hydrogen-bond donors (Lipinski definition) is 0. The molecule has 0 unspecified atom stereocenters. The Hall–Kier alpha value is -1.63. The van der Waals surface area contributed by atoms with Gasteiger partial charge in [-0.1, -0.05) is 24.3 Å². The lowest BCUT2D eigenvalue weighted by atomic mass is 10.1. The maximum Gasteiger partial charge on any atom is 0.0704 e. The van der Waals surface area contributed by atoms with Crippen molar-refractivity contribution in [3.05, 3.63) is 54.7 Å². The van der Waals surface area contributed by atoms with Crippen molar-refractivity contribution in [1.82, 2.24) is 4.98 Å². The van der Waals surface area contributed by atoms with Crippen LogP contribution in [0.15, 0.2) is 49.2 Å². The van der Waals surface area contributed by atoms with Crippen molar-refractivity contribution in [3.8, 4) is 0 Å². The summed E-state index contributed by atoms with van der Waals surface area (Å²) < 4.78 is 0. The molecule has 64 valence electrons. The van der Waals surface area contributed by atoms with Gasteiger partial charge >= 0.3 is 0 Å². The first-order valence-corrected chi connectivity index (χ1v) is 4.35. The molecule has 0 aliphatic rings. The maximum absolute atomic E-state index is 4.29. The predicted molar refractivity (Wildman–Crippen MR) is 55.6 cm³/mol. The van der Waals surface area contributed by atoms with Crippen LogP contribution >= 0.6 is 0 Å². The lowest BCUT2D eigenvalue weighted by Gasteiger charge is -2.01. The first kappa shape index (κ1) is 7.99. The van der Waals surface area contributed by atoms with Crippen LogP contribution < -0.4 is 0 Å². The molecule has 0 saturated carbocycles. The number of nitrogens with zero attached hydrogens (tertiary/aromatic N) is 1. The van der Waals surface area contributed by atoms with Crippen molar-refractivity contribution in [1.29, 1.82) is 0 Å². The fourth-order valence-electron chi connectivity index (χ4n) is 1.50. The summed E-state index contributed by atoms with van der Waals surface area (Å²) >= 11 is 0. The van der Waals surface area contributed by atoms with E-state index in [1.807, 2.05) is 30.5 Å². The van der Waals surface area contributed by atoms with E-state index in [0.717, 1.165) is 11.9 Å². The van der Waals surface area contributed by atoms with Gasteiger partial charge in [-0.2, -0.15) is 0 Å². The van der Waals surface area contributed by atoms with Crippen LogP contribution in [0, 0.1) is 0 Å². The van der Waals surface area contributed by atoms with Gasteiger partial charge in [0.15, 0.2) is 0 Å². The van der Waals surface area contributed by atoms with Crippen molar-refractivity contribution in [2.45, 2.75) is 6.42 Å². The van der Waals surface area contributed by atoms with Gasteiger partial charge in [0.1, 0.15) is 0 Å². The van der Waals surface area contributed by atoms with Gasteiger partial charge in [0.25, 0.3) is 0 Å². The van der Waals surface area contributed by atoms with E-state index >= 15 is 0 Å². The highest BCUT2D eigenvalue weighted by Crippen LogP contribution is 2.16. The number of benzene rings is 1. The second kappa shape index (κ2) is 3.40. The van der Waals surface area contributed by atoms with Crippen molar-refractivity contribution in [2.24, 2.45) is 0 Å². The number of allylic oxidation sites excluding steroid dienone is 1. The van der Waals surface area contributed by atoms with Crippen molar-refractivity contribution >= 4 is 10.9 Å². The second-order valence-electron chi connectivity index (χ2n) is 2.98. The molecule has 1 heteroatoms. The quantitative estimate of drug-likeness (QED) is 0.630. The highest BCUT2D eigenvalue weighted by Gasteiger charge is 1.97. The van der Waals surface area contributed by atoms with Crippen molar-refractivity contribution in [2.75, 3.05) is 0 Å². The van der Waals surface area contributed by atoms with Crippen LogP contribution in [-0.2, 0) is 6.42 Å². The van der Waals surface area contributed by atoms with Crippen LogP contribution in [-0.4, -0.2) is 4.98 Å². The second-order valence-corrected chi connectivity index (χ2v) is 2.98. The third-order valence-electron chi connectivity index (χ3n) is 2.10. The summed E-state index contributed by atoms with van der Waals surface area (Å²) in [5, 5.41) is 1.23. The molecule has 0 spiro atoms. The molecule has 2 rings (SSSR count). The monoisotopic (exact) mass is 169 g/mol. The van der Waals surface area contributed by atoms with Crippen LogP contribution in [0.2, 0.25) is 0 Å². The molecule has 1 heterocycles. The molecule has 1 aromatic heterocycles. The van der Waals surface area contributed by atoms with Gasteiger partial charge < -0.3 is 0 Å². The number of aromatic nitrogens is 1. The first-order valence-electron chi connectivity index (χ1n) is 4.35. The van der Waals surface area contributed by atoms with Crippen LogP contribution in [0.1, 0.15) is 5.56 Å². The van der Waals surface area contributed by atoms with E-state index in [4.69, 9.17) is 0 Å². The third-order valence-corrected chi connectivity index (χ3v) is 2.10. The van der Waals surface area contributed by atoms with Crippen molar-refractivity contribution in [3.63, 3.8) is 0 Å². The number of fused-ring (bicyclic) bond motifs is 1. The topological polar surface area (TPSA) is 12.9 Å². The molecule has 1 aromatic carbocycles. The molecular formula is C12H11N. The molecule has 0 atom stereocenters. The molecule has 2 aromatic rings. The zero-order valence-electron chi connectivity index (χ0n) is 7.40. The smallest absolute Gasteiger partial charge is 0.0704 e. The Kier molecular flexibility index (Phi) is 2.09. The molecule has 0 N–H and O–H groups in total. The Bertz CT molecular complexity index is 427. The van der Waals surface area contributed by atoms with E-state index in [1.54, 1.807) is 0 Å². The van der Waals surface area contributed by atoms with E-state index in [2.05, 4.69) is 23.7 Å². The predicted octanol–water partition coefficient (Wildman–Crippen LogP) is 2.96. The fourth-order valence-corrected chi connectivity index (χ4v) is 1.50. The minimum atomic E-state index is 0.906. The third kappa shape index (κ3) is 1.45. The Morgan fingerprint density at radius 3 is 3.00 bits per heavy atom. The molecule has 0 fully saturated rings. The summed E-state index contributed by atoms with van der Waals surface area (Å²) in [6.45, 7) is 3.74. The number of rotatable bonds is 2. The van der Waals surface area contributed by atoms with E-state index < -0.39 is 0 Å². The Labute approximate surface area is 77.7 Å². The Balaban J connectivity index is 2.68. The van der Waals surface area contributed by atoms with Crippen molar-refractivity contribution < 1.29 is 0 Å². The highest BCUT2D eigenvalue weighted by atomic mass is 14.6. The molecule has 0 amide bonds. The Morgan fingerprint density at radius 1 is 1.23 bits per heavy atom. The summed E-state index contributed by atoms with van der Waals surface area (Å²) in [7, 11) is 0. The lowest BCUT2D eigenvalue weighted by Crippen LogP contribution is -1.85. The van der Waals surface area contributed by atoms with E-state index in [9.17, 15) is 0 Å². The Morgan fingerprint density at radius 2 is 2.15 bits per heavy atom. The van der Waals surface area contributed by atoms with Crippen LogP contribution in [0.25, 0.3) is 10.9 Å². The van der Waals surface area contributed by atoms with Gasteiger partial charge in [0, 0.05) is 11.6 Å². The molecule has 0 bridgehead atoms. The highest BCUT2D eigenvalue weighted by molar-refractivity contribution is 5.82. The van der Waals surface area contributed by atoms with E-state index in [-0.39, 0.29) is 0 Å². The normalized spacial score (nSPS) is 10.2. The van der Waals surface area contributed by atoms with Gasteiger partial charge in [0.2, 0.25) is 0 Å². The largest absolute Gasteiger partial charge is 0.256 e. The first-order chi connectivity index (χ1) is 6.42. The maximum atomic E-state index is 4.29. The van der Waals surface area contributed by atoms with E-state index in [1.165, 1.54) is 10.9 Å².